The number of halogens is 1. The van der Waals surface area contributed by atoms with Gasteiger partial charge in [0.25, 0.3) is 5.56 Å². The number of hydrogen-bond acceptors (Lipinski definition) is 5. The Morgan fingerprint density at radius 1 is 1.10 bits per heavy atom. The van der Waals surface area contributed by atoms with Crippen LogP contribution in [-0.2, 0) is 9.53 Å². The van der Waals surface area contributed by atoms with Crippen molar-refractivity contribution in [3.05, 3.63) is 97.0 Å². The Kier molecular flexibility index (Phi) is 5.57. The normalized spacial score (nSPS) is 15.3. The number of hydrogen-bond donors (Lipinski definition) is 3. The number of carbonyl (C=O) groups is 1. The second kappa shape index (κ2) is 8.30. The van der Waals surface area contributed by atoms with E-state index in [0.717, 1.165) is 5.56 Å². The molecule has 0 bridgehead atoms. The molecule has 0 radical (unpaired) electrons. The average Bonchev–Trinajstić information content (AvgIpc) is 2.73. The highest BCUT2D eigenvalue weighted by Crippen LogP contribution is 2.44. The van der Waals surface area contributed by atoms with Crippen molar-refractivity contribution in [1.82, 2.24) is 9.97 Å². The van der Waals surface area contributed by atoms with Gasteiger partial charge in [0, 0.05) is 5.02 Å². The Hall–Kier alpha value is -3.16. The molecule has 0 aliphatic carbocycles. The molecule has 3 aromatic rings. The van der Waals surface area contributed by atoms with Gasteiger partial charge >= 0.3 is 5.97 Å². The van der Waals surface area contributed by atoms with E-state index in [9.17, 15) is 9.59 Å². The topological polar surface area (TPSA) is 87.0 Å². The first kappa shape index (κ1) is 20.1. The third-order valence-corrected chi connectivity index (χ3v) is 5.40. The van der Waals surface area contributed by atoms with Crippen LogP contribution in [0.3, 0.4) is 0 Å². The van der Waals surface area contributed by atoms with Crippen molar-refractivity contribution in [2.75, 3.05) is 11.9 Å². The van der Waals surface area contributed by atoms with Gasteiger partial charge in [0.05, 0.1) is 29.4 Å². The summed E-state index contributed by atoms with van der Waals surface area (Å²) in [6, 6.07) is 16.5. The standard InChI is InChI=1S/C22H18ClN3O3S/c1-2-29-21(28)16-15(13-10-6-7-11-14(13)23)17-19(25-22(30)26-20(17)27)24-18(16)12-8-4-3-5-9-12/h3-11,15H,2H2,1H3,(H3,24,25,26,27,30). The SMILES string of the molecule is CCOC(=O)C1=C(c2ccccc2)Nc2[nH]c(=S)[nH]c(=O)c2C1c1ccccc1Cl. The van der Waals surface area contributed by atoms with Gasteiger partial charge in [-0.3, -0.25) is 9.78 Å². The van der Waals surface area contributed by atoms with Gasteiger partial charge in [0.15, 0.2) is 4.77 Å². The number of anilines is 1. The first-order valence-corrected chi connectivity index (χ1v) is 10.1. The zero-order valence-electron chi connectivity index (χ0n) is 16.0. The van der Waals surface area contributed by atoms with Crippen LogP contribution in [0.15, 0.2) is 65.0 Å². The number of nitrogens with one attached hydrogen (secondary N) is 3. The zero-order chi connectivity index (χ0) is 21.3. The van der Waals surface area contributed by atoms with Gasteiger partial charge in [-0.2, -0.15) is 0 Å². The molecule has 1 aromatic heterocycles. The summed E-state index contributed by atoms with van der Waals surface area (Å²) in [7, 11) is 0. The molecule has 152 valence electrons. The number of carbonyl (C=O) groups excluding carboxylic acids is 1. The highest BCUT2D eigenvalue weighted by Gasteiger charge is 2.38. The predicted molar refractivity (Wildman–Crippen MR) is 119 cm³/mol. The predicted octanol–water partition coefficient (Wildman–Crippen LogP) is 4.62. The summed E-state index contributed by atoms with van der Waals surface area (Å²) < 4.78 is 5.56. The summed E-state index contributed by atoms with van der Waals surface area (Å²) in [6.07, 6.45) is 0. The van der Waals surface area contributed by atoms with E-state index < -0.39 is 17.4 Å². The van der Waals surface area contributed by atoms with Crippen molar-refractivity contribution in [3.63, 3.8) is 0 Å². The lowest BCUT2D eigenvalue weighted by molar-refractivity contribution is -0.138. The maximum absolute atomic E-state index is 13.2. The Labute approximate surface area is 182 Å². The fraction of sp³-hybridized carbons (Fsp3) is 0.136. The molecule has 1 aliphatic heterocycles. The number of aromatic nitrogens is 2. The number of fused-ring (bicyclic) bond motifs is 1. The van der Waals surface area contributed by atoms with E-state index in [1.807, 2.05) is 36.4 Å². The molecule has 6 nitrogen and oxygen atoms in total. The van der Waals surface area contributed by atoms with Gasteiger partial charge in [0.1, 0.15) is 5.82 Å². The fourth-order valence-electron chi connectivity index (χ4n) is 3.63. The molecule has 8 heteroatoms. The molecule has 1 unspecified atom stereocenters. The van der Waals surface area contributed by atoms with Crippen LogP contribution in [0.1, 0.15) is 29.5 Å². The third-order valence-electron chi connectivity index (χ3n) is 4.85. The van der Waals surface area contributed by atoms with Crippen LogP contribution >= 0.6 is 23.8 Å². The largest absolute Gasteiger partial charge is 0.463 e. The summed E-state index contributed by atoms with van der Waals surface area (Å²) >= 11 is 11.7. The van der Waals surface area contributed by atoms with Crippen molar-refractivity contribution in [2.45, 2.75) is 12.8 Å². The summed E-state index contributed by atoms with van der Waals surface area (Å²) in [4.78, 5) is 31.7. The second-order valence-corrected chi connectivity index (χ2v) is 7.47. The van der Waals surface area contributed by atoms with Gasteiger partial charge in [-0.25, -0.2) is 4.79 Å². The second-order valence-electron chi connectivity index (χ2n) is 6.65. The molecule has 1 aliphatic rings. The Bertz CT molecular complexity index is 1260. The Morgan fingerprint density at radius 3 is 2.50 bits per heavy atom. The monoisotopic (exact) mass is 439 g/mol. The minimum absolute atomic E-state index is 0.177. The Morgan fingerprint density at radius 2 is 1.80 bits per heavy atom. The molecule has 0 saturated carbocycles. The molecular formula is C22H18ClN3O3S. The molecule has 0 spiro atoms. The van der Waals surface area contributed by atoms with Crippen LogP contribution in [0.2, 0.25) is 5.02 Å². The van der Waals surface area contributed by atoms with Gasteiger partial charge in [0.2, 0.25) is 0 Å². The summed E-state index contributed by atoms with van der Waals surface area (Å²) in [6.45, 7) is 1.93. The Balaban J connectivity index is 2.09. The number of rotatable bonds is 4. The van der Waals surface area contributed by atoms with Crippen LogP contribution in [-0.4, -0.2) is 22.5 Å². The van der Waals surface area contributed by atoms with Crippen LogP contribution in [0.25, 0.3) is 5.70 Å². The minimum Gasteiger partial charge on any atom is -0.463 e. The van der Waals surface area contributed by atoms with Crippen LogP contribution < -0.4 is 10.9 Å². The van der Waals surface area contributed by atoms with Gasteiger partial charge in [-0.1, -0.05) is 60.1 Å². The molecule has 3 N–H and O–H groups in total. The molecule has 2 heterocycles. The smallest absolute Gasteiger partial charge is 0.337 e. The van der Waals surface area contributed by atoms with E-state index in [4.69, 9.17) is 28.6 Å². The number of esters is 1. The van der Waals surface area contributed by atoms with Gasteiger partial charge in [-0.15, -0.1) is 0 Å². The molecule has 4 rings (SSSR count). The molecule has 30 heavy (non-hydrogen) atoms. The summed E-state index contributed by atoms with van der Waals surface area (Å²) in [5.41, 5.74) is 2.14. The summed E-state index contributed by atoms with van der Waals surface area (Å²) in [5, 5.41) is 3.63. The van der Waals surface area contributed by atoms with E-state index in [0.29, 0.717) is 33.2 Å². The van der Waals surface area contributed by atoms with Crippen LogP contribution in [0, 0.1) is 4.77 Å². The average molecular weight is 440 g/mol. The van der Waals surface area contributed by atoms with E-state index >= 15 is 0 Å². The molecule has 0 amide bonds. The van der Waals surface area contributed by atoms with Crippen LogP contribution in [0.5, 0.6) is 0 Å². The highest BCUT2D eigenvalue weighted by atomic mass is 35.5. The minimum atomic E-state index is -0.750. The first-order valence-electron chi connectivity index (χ1n) is 9.36. The van der Waals surface area contributed by atoms with Crippen molar-refractivity contribution < 1.29 is 9.53 Å². The van der Waals surface area contributed by atoms with Gasteiger partial charge < -0.3 is 15.0 Å². The summed E-state index contributed by atoms with van der Waals surface area (Å²) in [5.74, 6) is -0.860. The number of ether oxygens (including phenoxy) is 1. The number of aromatic amines is 2. The zero-order valence-corrected chi connectivity index (χ0v) is 17.6. The lowest BCUT2D eigenvalue weighted by atomic mass is 9.81. The van der Waals surface area contributed by atoms with E-state index in [1.165, 1.54) is 0 Å². The number of H-pyrrole nitrogens is 2. The van der Waals surface area contributed by atoms with Crippen molar-refractivity contribution in [2.24, 2.45) is 0 Å². The number of benzene rings is 2. The van der Waals surface area contributed by atoms with Crippen molar-refractivity contribution in [1.29, 1.82) is 0 Å². The van der Waals surface area contributed by atoms with Crippen molar-refractivity contribution >= 4 is 41.3 Å². The third kappa shape index (κ3) is 3.58. The lowest BCUT2D eigenvalue weighted by Gasteiger charge is -2.30. The molecule has 0 saturated heterocycles. The van der Waals surface area contributed by atoms with Crippen LogP contribution in [0.4, 0.5) is 5.82 Å². The first-order chi connectivity index (χ1) is 14.5. The fourth-order valence-corrected chi connectivity index (χ4v) is 4.07. The quantitative estimate of drug-likeness (QED) is 0.408. The van der Waals surface area contributed by atoms with Gasteiger partial charge in [-0.05, 0) is 36.3 Å². The maximum atomic E-state index is 13.2. The lowest BCUT2D eigenvalue weighted by Crippen LogP contribution is -2.31. The maximum Gasteiger partial charge on any atom is 0.337 e. The molecule has 1 atom stereocenters. The molecule has 2 aromatic carbocycles. The van der Waals surface area contributed by atoms with E-state index in [2.05, 4.69) is 15.3 Å². The molecule has 0 fully saturated rings. The van der Waals surface area contributed by atoms with E-state index in [1.54, 1.807) is 25.1 Å². The highest BCUT2D eigenvalue weighted by molar-refractivity contribution is 7.71. The molecular weight excluding hydrogens is 422 g/mol. The van der Waals surface area contributed by atoms with Crippen molar-refractivity contribution in [3.8, 4) is 0 Å². The van der Waals surface area contributed by atoms with E-state index in [-0.39, 0.29) is 11.4 Å².